The number of aromatic hydroxyl groups is 1. The first-order chi connectivity index (χ1) is 16.1. The summed E-state index contributed by atoms with van der Waals surface area (Å²) < 4.78 is 53.1. The Morgan fingerprint density at radius 1 is 1.18 bits per heavy atom. The number of phenolic OH excluding ortho intramolecular Hbond substituents is 1. The maximum absolute atomic E-state index is 13.9. The van der Waals surface area contributed by atoms with Gasteiger partial charge >= 0.3 is 6.18 Å². The van der Waals surface area contributed by atoms with Crippen molar-refractivity contribution in [3.63, 3.8) is 0 Å². The van der Waals surface area contributed by atoms with E-state index in [1.165, 1.54) is 38.5 Å². The number of rotatable bonds is 5. The quantitative estimate of drug-likeness (QED) is 0.421. The van der Waals surface area contributed by atoms with E-state index in [1.54, 1.807) is 18.2 Å². The van der Waals surface area contributed by atoms with E-state index in [0.29, 0.717) is 17.1 Å². The van der Waals surface area contributed by atoms with Crippen molar-refractivity contribution < 1.29 is 32.5 Å². The average Bonchev–Trinajstić information content (AvgIpc) is 3.24. The van der Waals surface area contributed by atoms with Crippen LogP contribution in [0.2, 0.25) is 5.02 Å². The normalized spacial score (nSPS) is 17.5. The van der Waals surface area contributed by atoms with Gasteiger partial charge in [-0.25, -0.2) is 4.68 Å². The van der Waals surface area contributed by atoms with Gasteiger partial charge in [0, 0.05) is 17.5 Å². The zero-order valence-electron chi connectivity index (χ0n) is 18.0. The van der Waals surface area contributed by atoms with Gasteiger partial charge in [0.2, 0.25) is 0 Å². The van der Waals surface area contributed by atoms with E-state index >= 15 is 0 Å². The molecule has 3 aromatic rings. The number of nitrogens with one attached hydrogen (secondary N) is 2. The summed E-state index contributed by atoms with van der Waals surface area (Å²) in [7, 11) is 2.90. The number of benzene rings is 2. The zero-order chi connectivity index (χ0) is 24.6. The summed E-state index contributed by atoms with van der Waals surface area (Å²) in [6, 6.07) is 7.41. The van der Waals surface area contributed by atoms with Crippen molar-refractivity contribution in [1.82, 2.24) is 9.78 Å². The fourth-order valence-corrected chi connectivity index (χ4v) is 3.94. The van der Waals surface area contributed by atoms with Gasteiger partial charge in [0.25, 0.3) is 5.91 Å². The lowest BCUT2D eigenvalue weighted by Gasteiger charge is -2.33. The van der Waals surface area contributed by atoms with Crippen molar-refractivity contribution in [2.75, 3.05) is 24.9 Å². The number of carbonyl (C=O) groups is 1. The van der Waals surface area contributed by atoms with Gasteiger partial charge in [-0.05, 0) is 35.9 Å². The second-order valence-corrected chi connectivity index (χ2v) is 8.02. The molecule has 4 rings (SSSR count). The molecule has 0 aliphatic carbocycles. The lowest BCUT2D eigenvalue weighted by atomic mass is 9.96. The molecule has 1 aliphatic heterocycles. The van der Waals surface area contributed by atoms with Crippen LogP contribution in [-0.2, 0) is 0 Å². The number of aromatic nitrogens is 2. The summed E-state index contributed by atoms with van der Waals surface area (Å²) in [4.78, 5) is 12.7. The lowest BCUT2D eigenvalue weighted by molar-refractivity contribution is -0.173. The fraction of sp³-hybridized carbons (Fsp3) is 0.273. The number of phenols is 1. The molecule has 0 radical (unpaired) electrons. The molecule has 1 aromatic heterocycles. The summed E-state index contributed by atoms with van der Waals surface area (Å²) in [6.45, 7) is 0. The summed E-state index contributed by atoms with van der Waals surface area (Å²) in [5.41, 5.74) is 0.297. The van der Waals surface area contributed by atoms with Crippen molar-refractivity contribution in [1.29, 1.82) is 0 Å². The summed E-state index contributed by atoms with van der Waals surface area (Å²) in [5, 5.41) is 19.5. The van der Waals surface area contributed by atoms with Gasteiger partial charge in [0.15, 0.2) is 23.2 Å². The standard InChI is InChI=1S/C22H20ClF3N4O4/c1-33-17-6-3-11(7-18(17)34-2)13-9-19(22(24,25)26)30-20(27-13)10-15(29-30)21(32)28-14-8-12(23)4-5-16(14)31/h3-8,10,13,19,27,31H,9H2,1-2H3,(H,28,32)/t13-,19+/m0/s1. The highest BCUT2D eigenvalue weighted by atomic mass is 35.5. The Hall–Kier alpha value is -3.60. The number of ether oxygens (including phenoxy) is 2. The van der Waals surface area contributed by atoms with E-state index in [4.69, 9.17) is 21.1 Å². The van der Waals surface area contributed by atoms with Crippen LogP contribution in [0.4, 0.5) is 24.7 Å². The van der Waals surface area contributed by atoms with Gasteiger partial charge in [-0.3, -0.25) is 4.79 Å². The Kier molecular flexibility index (Phi) is 6.22. The number of hydrogen-bond acceptors (Lipinski definition) is 6. The average molecular weight is 497 g/mol. The summed E-state index contributed by atoms with van der Waals surface area (Å²) in [6.07, 6.45) is -4.97. The van der Waals surface area contributed by atoms with Crippen LogP contribution in [0.15, 0.2) is 42.5 Å². The maximum Gasteiger partial charge on any atom is 0.410 e. The predicted octanol–water partition coefficient (Wildman–Crippen LogP) is 5.17. The SMILES string of the molecule is COc1ccc([C@@H]2C[C@H](C(F)(F)F)n3nc(C(=O)Nc4cc(Cl)ccc4O)cc3N2)cc1OC. The Morgan fingerprint density at radius 2 is 1.91 bits per heavy atom. The molecule has 12 heteroatoms. The first-order valence-electron chi connectivity index (χ1n) is 10.0. The molecule has 0 bridgehead atoms. The number of hydrogen-bond donors (Lipinski definition) is 3. The molecule has 0 spiro atoms. The third kappa shape index (κ3) is 4.56. The van der Waals surface area contributed by atoms with Crippen molar-refractivity contribution in [3.05, 3.63) is 58.7 Å². The Labute approximate surface area is 197 Å². The van der Waals surface area contributed by atoms with E-state index < -0.39 is 24.2 Å². The molecule has 0 saturated heterocycles. The largest absolute Gasteiger partial charge is 0.506 e. The molecule has 1 aliphatic rings. The highest BCUT2D eigenvalue weighted by Gasteiger charge is 2.47. The molecule has 3 N–H and O–H groups in total. The zero-order valence-corrected chi connectivity index (χ0v) is 18.7. The van der Waals surface area contributed by atoms with Crippen molar-refractivity contribution >= 4 is 29.0 Å². The van der Waals surface area contributed by atoms with Crippen LogP contribution >= 0.6 is 11.6 Å². The molecule has 180 valence electrons. The van der Waals surface area contributed by atoms with E-state index in [-0.39, 0.29) is 34.4 Å². The molecule has 2 aromatic carbocycles. The minimum Gasteiger partial charge on any atom is -0.506 e. The van der Waals surface area contributed by atoms with E-state index in [0.717, 1.165) is 4.68 Å². The number of carbonyl (C=O) groups excluding carboxylic acids is 1. The number of halogens is 4. The molecule has 2 heterocycles. The smallest absolute Gasteiger partial charge is 0.410 e. The van der Waals surface area contributed by atoms with Crippen LogP contribution in [0.5, 0.6) is 17.2 Å². The highest BCUT2D eigenvalue weighted by Crippen LogP contribution is 2.44. The Balaban J connectivity index is 1.66. The van der Waals surface area contributed by atoms with E-state index in [9.17, 15) is 23.1 Å². The Bertz CT molecular complexity index is 1230. The first-order valence-corrected chi connectivity index (χ1v) is 10.4. The number of methoxy groups -OCH3 is 2. The van der Waals surface area contributed by atoms with Crippen molar-refractivity contribution in [3.8, 4) is 17.2 Å². The number of amides is 1. The van der Waals surface area contributed by atoms with Crippen molar-refractivity contribution in [2.24, 2.45) is 0 Å². The summed E-state index contributed by atoms with van der Waals surface area (Å²) in [5.74, 6) is -0.200. The Morgan fingerprint density at radius 3 is 2.59 bits per heavy atom. The molecular weight excluding hydrogens is 477 g/mol. The predicted molar refractivity (Wildman–Crippen MR) is 119 cm³/mol. The van der Waals surface area contributed by atoms with Crippen LogP contribution in [0, 0.1) is 0 Å². The molecule has 1 amide bonds. The van der Waals surface area contributed by atoms with Crippen LogP contribution < -0.4 is 20.1 Å². The number of anilines is 2. The highest BCUT2D eigenvalue weighted by molar-refractivity contribution is 6.31. The number of alkyl halides is 3. The molecule has 34 heavy (non-hydrogen) atoms. The van der Waals surface area contributed by atoms with Crippen LogP contribution in [0.25, 0.3) is 0 Å². The first kappa shape index (κ1) is 23.6. The van der Waals surface area contributed by atoms with Gasteiger partial charge in [0.05, 0.1) is 25.9 Å². The second-order valence-electron chi connectivity index (χ2n) is 7.58. The van der Waals surface area contributed by atoms with E-state index in [1.807, 2.05) is 0 Å². The van der Waals surface area contributed by atoms with Gasteiger partial charge in [-0.1, -0.05) is 17.7 Å². The summed E-state index contributed by atoms with van der Waals surface area (Å²) >= 11 is 5.88. The molecule has 0 unspecified atom stereocenters. The molecule has 0 saturated carbocycles. The van der Waals surface area contributed by atoms with Crippen LogP contribution in [-0.4, -0.2) is 41.2 Å². The van der Waals surface area contributed by atoms with Gasteiger partial charge in [0.1, 0.15) is 11.6 Å². The topological polar surface area (TPSA) is 97.6 Å². The monoisotopic (exact) mass is 496 g/mol. The molecule has 2 atom stereocenters. The van der Waals surface area contributed by atoms with E-state index in [2.05, 4.69) is 15.7 Å². The minimum absolute atomic E-state index is 0.00649. The maximum atomic E-state index is 13.9. The number of nitrogens with zero attached hydrogens (tertiary/aromatic N) is 2. The van der Waals surface area contributed by atoms with Crippen LogP contribution in [0.3, 0.4) is 0 Å². The molecule has 0 fully saturated rings. The third-order valence-electron chi connectivity index (χ3n) is 5.44. The molecule has 8 nitrogen and oxygen atoms in total. The minimum atomic E-state index is -4.61. The number of fused-ring (bicyclic) bond motifs is 1. The second kappa shape index (κ2) is 8.98. The van der Waals surface area contributed by atoms with Crippen LogP contribution in [0.1, 0.15) is 34.6 Å². The third-order valence-corrected chi connectivity index (χ3v) is 5.67. The van der Waals surface area contributed by atoms with Gasteiger partial charge in [-0.2, -0.15) is 18.3 Å². The van der Waals surface area contributed by atoms with Gasteiger partial charge < -0.3 is 25.2 Å². The molecular formula is C22H20ClF3N4O4. The fourth-order valence-electron chi connectivity index (χ4n) is 3.77. The van der Waals surface area contributed by atoms with Crippen molar-refractivity contribution in [2.45, 2.75) is 24.7 Å². The lowest BCUT2D eigenvalue weighted by Crippen LogP contribution is -2.35. The van der Waals surface area contributed by atoms with Gasteiger partial charge in [-0.15, -0.1) is 0 Å².